The molecule has 0 fully saturated rings. The third kappa shape index (κ3) is 11.0. The summed E-state index contributed by atoms with van der Waals surface area (Å²) in [6.07, 6.45) is 9.62. The molecule has 0 saturated carbocycles. The van der Waals surface area contributed by atoms with Crippen LogP contribution in [0.1, 0.15) is 12.8 Å². The Hall–Kier alpha value is -1.02. The van der Waals surface area contributed by atoms with Gasteiger partial charge in [-0.25, -0.2) is 0 Å². The van der Waals surface area contributed by atoms with Crippen molar-refractivity contribution in [3.8, 4) is 0 Å². The largest absolute Gasteiger partial charge is 0.502 e. The van der Waals surface area contributed by atoms with Gasteiger partial charge in [-0.05, 0) is 18.9 Å². The summed E-state index contributed by atoms with van der Waals surface area (Å²) in [7, 11) is 0. The zero-order chi connectivity index (χ0) is 9.78. The van der Waals surface area contributed by atoms with Crippen LogP contribution in [0.25, 0.3) is 0 Å². The first-order valence-electron chi connectivity index (χ1n) is 4.48. The van der Waals surface area contributed by atoms with Gasteiger partial charge in [0.2, 0.25) is 0 Å². The number of hydrogen-bond acceptors (Lipinski definition) is 2. The molecule has 0 aromatic carbocycles. The Balaban J connectivity index is 0.000000223. The van der Waals surface area contributed by atoms with Crippen LogP contribution in [0, 0.1) is 0 Å². The highest BCUT2D eigenvalue weighted by molar-refractivity contribution is 4.76. The third-order valence-corrected chi connectivity index (χ3v) is 1.30. The molecule has 0 unspecified atom stereocenters. The molecule has 0 spiro atoms. The normalized spacial score (nSPS) is 13.5. The van der Waals surface area contributed by atoms with Crippen molar-refractivity contribution >= 4 is 0 Å². The summed E-state index contributed by atoms with van der Waals surface area (Å²) in [6.45, 7) is 9.09. The van der Waals surface area contributed by atoms with Crippen LogP contribution < -0.4 is 0 Å². The topological polar surface area (TPSA) is 18.5 Å². The predicted molar refractivity (Wildman–Crippen MR) is 55.5 cm³/mol. The van der Waals surface area contributed by atoms with Crippen LogP contribution in [0.5, 0.6) is 0 Å². The van der Waals surface area contributed by atoms with E-state index in [9.17, 15) is 0 Å². The lowest BCUT2D eigenvalue weighted by Gasteiger charge is -2.01. The molecule has 1 heterocycles. The Kier molecular flexibility index (Phi) is 10.1. The summed E-state index contributed by atoms with van der Waals surface area (Å²) < 4.78 is 9.78. The molecule has 1 rings (SSSR count). The van der Waals surface area contributed by atoms with E-state index in [0.29, 0.717) is 13.2 Å². The van der Waals surface area contributed by atoms with E-state index in [-0.39, 0.29) is 0 Å². The zero-order valence-corrected chi connectivity index (χ0v) is 8.08. The van der Waals surface area contributed by atoms with Crippen molar-refractivity contribution in [3.05, 3.63) is 37.6 Å². The van der Waals surface area contributed by atoms with Gasteiger partial charge in [-0.15, -0.1) is 13.2 Å². The first-order valence-corrected chi connectivity index (χ1v) is 4.48. The fraction of sp³-hybridized carbons (Fsp3) is 0.455. The summed E-state index contributed by atoms with van der Waals surface area (Å²) in [5.41, 5.74) is 0. The van der Waals surface area contributed by atoms with Crippen LogP contribution in [0.3, 0.4) is 0 Å². The van der Waals surface area contributed by atoms with Crippen LogP contribution >= 0.6 is 0 Å². The van der Waals surface area contributed by atoms with Gasteiger partial charge in [0, 0.05) is 0 Å². The average Bonchev–Trinajstić information content (AvgIpc) is 2.22. The standard InChI is InChI=1S/C6H10O.C5H8O/c1-3-5-7-6-4-2;1-2-4-6-5-3-1/h3-4H,1-2,5-6H2;2,4H,1,3,5H2. The lowest BCUT2D eigenvalue weighted by molar-refractivity contribution is 0.194. The molecule has 13 heavy (non-hydrogen) atoms. The molecule has 0 amide bonds. The van der Waals surface area contributed by atoms with E-state index in [1.807, 2.05) is 6.08 Å². The Morgan fingerprint density at radius 1 is 1.31 bits per heavy atom. The number of rotatable bonds is 4. The minimum atomic E-state index is 0.617. The molecule has 0 aliphatic carbocycles. The van der Waals surface area contributed by atoms with Crippen molar-refractivity contribution in [2.45, 2.75) is 12.8 Å². The van der Waals surface area contributed by atoms with Gasteiger partial charge < -0.3 is 9.47 Å². The van der Waals surface area contributed by atoms with E-state index in [2.05, 4.69) is 13.2 Å². The SMILES string of the molecule is C1=COCCC1.C=CCOCC=C. The third-order valence-electron chi connectivity index (χ3n) is 1.30. The molecular formula is C11H18O2. The van der Waals surface area contributed by atoms with Gasteiger partial charge in [-0.1, -0.05) is 12.2 Å². The molecule has 0 radical (unpaired) electrons. The molecule has 0 aromatic heterocycles. The van der Waals surface area contributed by atoms with Gasteiger partial charge in [-0.3, -0.25) is 0 Å². The minimum absolute atomic E-state index is 0.617. The maximum absolute atomic E-state index is 4.90. The van der Waals surface area contributed by atoms with Gasteiger partial charge in [0.1, 0.15) is 0 Å². The monoisotopic (exact) mass is 182 g/mol. The molecule has 2 heteroatoms. The Labute approximate surface area is 80.5 Å². The van der Waals surface area contributed by atoms with Crippen molar-refractivity contribution < 1.29 is 9.47 Å². The van der Waals surface area contributed by atoms with Gasteiger partial charge in [-0.2, -0.15) is 0 Å². The maximum Gasteiger partial charge on any atom is 0.0876 e. The molecule has 0 bridgehead atoms. The van der Waals surface area contributed by atoms with E-state index in [4.69, 9.17) is 9.47 Å². The van der Waals surface area contributed by atoms with Crippen molar-refractivity contribution in [3.63, 3.8) is 0 Å². The van der Waals surface area contributed by atoms with Crippen LogP contribution in [-0.2, 0) is 9.47 Å². The predicted octanol–water partition coefficient (Wildman–Crippen LogP) is 2.69. The van der Waals surface area contributed by atoms with E-state index in [0.717, 1.165) is 6.61 Å². The van der Waals surface area contributed by atoms with Crippen LogP contribution in [0.15, 0.2) is 37.6 Å². The number of ether oxygens (including phenoxy) is 2. The highest BCUT2D eigenvalue weighted by Gasteiger charge is 1.86. The van der Waals surface area contributed by atoms with Gasteiger partial charge in [0.05, 0.1) is 26.1 Å². The van der Waals surface area contributed by atoms with Crippen LogP contribution in [0.4, 0.5) is 0 Å². The van der Waals surface area contributed by atoms with E-state index in [1.165, 1.54) is 12.8 Å². The van der Waals surface area contributed by atoms with E-state index < -0.39 is 0 Å². The summed E-state index contributed by atoms with van der Waals surface area (Å²) in [4.78, 5) is 0. The van der Waals surface area contributed by atoms with Gasteiger partial charge >= 0.3 is 0 Å². The highest BCUT2D eigenvalue weighted by atomic mass is 16.5. The second kappa shape index (κ2) is 11.0. The molecule has 0 aromatic rings. The van der Waals surface area contributed by atoms with Crippen molar-refractivity contribution in [1.29, 1.82) is 0 Å². The Morgan fingerprint density at radius 2 is 2.00 bits per heavy atom. The van der Waals surface area contributed by atoms with Gasteiger partial charge in [0.15, 0.2) is 0 Å². The quantitative estimate of drug-likeness (QED) is 0.491. The van der Waals surface area contributed by atoms with Crippen molar-refractivity contribution in [2.24, 2.45) is 0 Å². The Morgan fingerprint density at radius 3 is 2.23 bits per heavy atom. The van der Waals surface area contributed by atoms with E-state index in [1.54, 1.807) is 18.4 Å². The fourth-order valence-corrected chi connectivity index (χ4v) is 0.723. The van der Waals surface area contributed by atoms with Crippen LogP contribution in [0.2, 0.25) is 0 Å². The lowest BCUT2D eigenvalue weighted by Crippen LogP contribution is -1.90. The second-order valence-corrected chi connectivity index (χ2v) is 2.50. The molecule has 74 valence electrons. The molecule has 0 N–H and O–H groups in total. The molecule has 1 aliphatic rings. The maximum atomic E-state index is 4.90. The molecule has 0 saturated heterocycles. The van der Waals surface area contributed by atoms with Crippen molar-refractivity contribution in [2.75, 3.05) is 19.8 Å². The molecular weight excluding hydrogens is 164 g/mol. The molecule has 0 atom stereocenters. The zero-order valence-electron chi connectivity index (χ0n) is 8.08. The van der Waals surface area contributed by atoms with Crippen LogP contribution in [-0.4, -0.2) is 19.8 Å². The second-order valence-electron chi connectivity index (χ2n) is 2.50. The lowest BCUT2D eigenvalue weighted by atomic mass is 10.3. The highest BCUT2D eigenvalue weighted by Crippen LogP contribution is 1.97. The van der Waals surface area contributed by atoms with Crippen molar-refractivity contribution in [1.82, 2.24) is 0 Å². The summed E-state index contributed by atoms with van der Waals surface area (Å²) >= 11 is 0. The first kappa shape index (κ1) is 12.0. The Bertz CT molecular complexity index is 134. The minimum Gasteiger partial charge on any atom is -0.502 e. The average molecular weight is 182 g/mol. The first-order chi connectivity index (χ1) is 6.41. The summed E-state index contributed by atoms with van der Waals surface area (Å²) in [5, 5.41) is 0. The smallest absolute Gasteiger partial charge is 0.0876 e. The number of hydrogen-bond donors (Lipinski definition) is 0. The summed E-state index contributed by atoms with van der Waals surface area (Å²) in [6, 6.07) is 0. The molecule has 2 nitrogen and oxygen atoms in total. The fourth-order valence-electron chi connectivity index (χ4n) is 0.723. The summed E-state index contributed by atoms with van der Waals surface area (Å²) in [5.74, 6) is 0. The van der Waals surface area contributed by atoms with E-state index >= 15 is 0 Å². The number of allylic oxidation sites excluding steroid dienone is 1. The van der Waals surface area contributed by atoms with Gasteiger partial charge in [0.25, 0.3) is 0 Å². The molecule has 1 aliphatic heterocycles.